The second kappa shape index (κ2) is 7.21. The van der Waals surface area contributed by atoms with Crippen LogP contribution in [0, 0.1) is 0 Å². The number of nitrogens with zero attached hydrogens (tertiary/aromatic N) is 4. The SMILES string of the molecule is CN(C)c1ncc(CN2Cc3ccccc3OC3(CCOCC3)C2)cn1. The standard InChI is InChI=1S/C20H26N4O2/c1-23(2)19-21-11-16(12-22-19)13-24-14-17-5-3-4-6-18(17)26-20(15-24)7-9-25-10-8-20/h3-6,11-12H,7-10,13-15H2,1-2H3. The number of para-hydroxylation sites is 1. The molecule has 0 saturated carbocycles. The fourth-order valence-corrected chi connectivity index (χ4v) is 3.74. The van der Waals surface area contributed by atoms with Crippen molar-refractivity contribution < 1.29 is 9.47 Å². The summed E-state index contributed by atoms with van der Waals surface area (Å²) in [5.41, 5.74) is 2.19. The third-order valence-electron chi connectivity index (χ3n) is 5.11. The van der Waals surface area contributed by atoms with Crippen molar-refractivity contribution in [3.05, 3.63) is 47.8 Å². The predicted molar refractivity (Wildman–Crippen MR) is 100 cm³/mol. The first kappa shape index (κ1) is 17.2. The van der Waals surface area contributed by atoms with Gasteiger partial charge in [0.25, 0.3) is 0 Å². The second-order valence-electron chi connectivity index (χ2n) is 7.44. The van der Waals surface area contributed by atoms with Crippen LogP contribution in [0.2, 0.25) is 0 Å². The van der Waals surface area contributed by atoms with E-state index >= 15 is 0 Å². The summed E-state index contributed by atoms with van der Waals surface area (Å²) in [6, 6.07) is 8.38. The van der Waals surface area contributed by atoms with Crippen LogP contribution in [0.3, 0.4) is 0 Å². The van der Waals surface area contributed by atoms with Gasteiger partial charge in [-0.3, -0.25) is 4.90 Å². The van der Waals surface area contributed by atoms with Gasteiger partial charge in [-0.15, -0.1) is 0 Å². The maximum atomic E-state index is 6.54. The molecule has 0 unspecified atom stereocenters. The summed E-state index contributed by atoms with van der Waals surface area (Å²) in [7, 11) is 3.90. The van der Waals surface area contributed by atoms with E-state index in [2.05, 4.69) is 39.1 Å². The zero-order chi connectivity index (χ0) is 18.0. The molecule has 4 rings (SSSR count). The number of rotatable bonds is 3. The van der Waals surface area contributed by atoms with E-state index in [1.807, 2.05) is 31.4 Å². The Morgan fingerprint density at radius 1 is 1.12 bits per heavy atom. The highest BCUT2D eigenvalue weighted by molar-refractivity contribution is 5.35. The van der Waals surface area contributed by atoms with E-state index in [1.54, 1.807) is 0 Å². The fourth-order valence-electron chi connectivity index (χ4n) is 3.74. The number of hydrogen-bond acceptors (Lipinski definition) is 6. The van der Waals surface area contributed by atoms with Crippen LogP contribution in [-0.4, -0.2) is 54.3 Å². The monoisotopic (exact) mass is 354 g/mol. The molecule has 2 aliphatic heterocycles. The van der Waals surface area contributed by atoms with Crippen LogP contribution in [-0.2, 0) is 17.8 Å². The first-order chi connectivity index (χ1) is 12.6. The largest absolute Gasteiger partial charge is 0.485 e. The van der Waals surface area contributed by atoms with Gasteiger partial charge in [0.05, 0.1) is 13.2 Å². The van der Waals surface area contributed by atoms with E-state index < -0.39 is 0 Å². The molecule has 6 nitrogen and oxygen atoms in total. The van der Waals surface area contributed by atoms with Crippen molar-refractivity contribution in [1.82, 2.24) is 14.9 Å². The van der Waals surface area contributed by atoms with Gasteiger partial charge in [-0.25, -0.2) is 9.97 Å². The van der Waals surface area contributed by atoms with Crippen molar-refractivity contribution in [2.45, 2.75) is 31.5 Å². The summed E-state index contributed by atoms with van der Waals surface area (Å²) in [4.78, 5) is 13.3. The fraction of sp³-hybridized carbons (Fsp3) is 0.500. The van der Waals surface area contributed by atoms with E-state index in [9.17, 15) is 0 Å². The third kappa shape index (κ3) is 3.66. The Labute approximate surface area is 154 Å². The summed E-state index contributed by atoms with van der Waals surface area (Å²) in [6.45, 7) is 4.09. The van der Waals surface area contributed by atoms with E-state index in [1.165, 1.54) is 5.56 Å². The average molecular weight is 354 g/mol. The normalized spacial score (nSPS) is 19.5. The smallest absolute Gasteiger partial charge is 0.224 e. The molecule has 0 N–H and O–H groups in total. The molecule has 0 amide bonds. The highest BCUT2D eigenvalue weighted by Crippen LogP contribution is 2.35. The van der Waals surface area contributed by atoms with E-state index in [4.69, 9.17) is 9.47 Å². The van der Waals surface area contributed by atoms with E-state index in [0.717, 1.165) is 63.0 Å². The van der Waals surface area contributed by atoms with Crippen molar-refractivity contribution in [2.75, 3.05) is 38.8 Å². The molecule has 0 bridgehead atoms. The summed E-state index contributed by atoms with van der Waals surface area (Å²) in [6.07, 6.45) is 5.70. The van der Waals surface area contributed by atoms with Crippen LogP contribution in [0.4, 0.5) is 5.95 Å². The minimum absolute atomic E-state index is 0.171. The first-order valence-electron chi connectivity index (χ1n) is 9.19. The Morgan fingerprint density at radius 2 is 1.85 bits per heavy atom. The third-order valence-corrected chi connectivity index (χ3v) is 5.11. The summed E-state index contributed by atoms with van der Waals surface area (Å²) in [5.74, 6) is 1.75. The predicted octanol–water partition coefficient (Wildman–Crippen LogP) is 2.49. The van der Waals surface area contributed by atoms with Gasteiger partial charge in [0.15, 0.2) is 0 Å². The Morgan fingerprint density at radius 3 is 2.58 bits per heavy atom. The highest BCUT2D eigenvalue weighted by Gasteiger charge is 2.39. The van der Waals surface area contributed by atoms with Crippen LogP contribution in [0.15, 0.2) is 36.7 Å². The van der Waals surface area contributed by atoms with Crippen LogP contribution in [0.5, 0.6) is 5.75 Å². The highest BCUT2D eigenvalue weighted by atomic mass is 16.5. The van der Waals surface area contributed by atoms with Gasteiger partial charge in [-0.2, -0.15) is 0 Å². The van der Waals surface area contributed by atoms with Gasteiger partial charge in [0, 0.05) is 70.1 Å². The second-order valence-corrected chi connectivity index (χ2v) is 7.44. The number of benzene rings is 1. The van der Waals surface area contributed by atoms with E-state index in [0.29, 0.717) is 0 Å². The van der Waals surface area contributed by atoms with Crippen molar-refractivity contribution in [2.24, 2.45) is 0 Å². The number of anilines is 1. The Hall–Kier alpha value is -2.18. The number of fused-ring (bicyclic) bond motifs is 1. The van der Waals surface area contributed by atoms with Crippen LogP contribution in [0.1, 0.15) is 24.0 Å². The Bertz CT molecular complexity index is 742. The van der Waals surface area contributed by atoms with Crippen molar-refractivity contribution >= 4 is 5.95 Å². The molecule has 26 heavy (non-hydrogen) atoms. The average Bonchev–Trinajstić information content (AvgIpc) is 2.78. The molecule has 3 heterocycles. The first-order valence-corrected chi connectivity index (χ1v) is 9.19. The summed E-state index contributed by atoms with van der Waals surface area (Å²) >= 11 is 0. The van der Waals surface area contributed by atoms with Crippen molar-refractivity contribution in [3.8, 4) is 5.75 Å². The van der Waals surface area contributed by atoms with E-state index in [-0.39, 0.29) is 5.60 Å². The molecule has 0 atom stereocenters. The maximum absolute atomic E-state index is 6.54. The molecule has 138 valence electrons. The van der Waals surface area contributed by atoms with Crippen molar-refractivity contribution in [1.29, 1.82) is 0 Å². The number of ether oxygens (including phenoxy) is 2. The van der Waals surface area contributed by atoms with Gasteiger partial charge in [-0.1, -0.05) is 18.2 Å². The molecular formula is C20H26N4O2. The summed E-state index contributed by atoms with van der Waals surface area (Å²) < 4.78 is 12.1. The minimum Gasteiger partial charge on any atom is -0.485 e. The summed E-state index contributed by atoms with van der Waals surface area (Å²) in [5, 5.41) is 0. The van der Waals surface area contributed by atoms with Gasteiger partial charge in [0.1, 0.15) is 11.4 Å². The topological polar surface area (TPSA) is 50.7 Å². The van der Waals surface area contributed by atoms with Gasteiger partial charge in [-0.05, 0) is 6.07 Å². The molecule has 1 saturated heterocycles. The molecular weight excluding hydrogens is 328 g/mol. The maximum Gasteiger partial charge on any atom is 0.224 e. The minimum atomic E-state index is -0.171. The van der Waals surface area contributed by atoms with Gasteiger partial charge < -0.3 is 14.4 Å². The lowest BCUT2D eigenvalue weighted by Gasteiger charge is -2.39. The lowest BCUT2D eigenvalue weighted by atomic mass is 9.93. The molecule has 0 aliphatic carbocycles. The quantitative estimate of drug-likeness (QED) is 0.844. The molecule has 0 radical (unpaired) electrons. The lowest BCUT2D eigenvalue weighted by Crippen LogP contribution is -2.49. The van der Waals surface area contributed by atoms with Gasteiger partial charge in [0.2, 0.25) is 5.95 Å². The van der Waals surface area contributed by atoms with Crippen molar-refractivity contribution in [3.63, 3.8) is 0 Å². The van der Waals surface area contributed by atoms with Crippen LogP contribution >= 0.6 is 0 Å². The molecule has 2 aromatic rings. The molecule has 1 aromatic carbocycles. The molecule has 1 spiro atoms. The number of aromatic nitrogens is 2. The van der Waals surface area contributed by atoms with Crippen LogP contribution in [0.25, 0.3) is 0 Å². The van der Waals surface area contributed by atoms with Gasteiger partial charge >= 0.3 is 0 Å². The Balaban J connectivity index is 1.58. The molecule has 1 fully saturated rings. The lowest BCUT2D eigenvalue weighted by molar-refractivity contribution is -0.0594. The number of hydrogen-bond donors (Lipinski definition) is 0. The molecule has 2 aliphatic rings. The zero-order valence-electron chi connectivity index (χ0n) is 15.5. The Kier molecular flexibility index (Phi) is 4.78. The molecule has 1 aromatic heterocycles. The van der Waals surface area contributed by atoms with Crippen LogP contribution < -0.4 is 9.64 Å². The molecule has 6 heteroatoms. The zero-order valence-corrected chi connectivity index (χ0v) is 15.5.